The Morgan fingerprint density at radius 3 is 2.67 bits per heavy atom. The van der Waals surface area contributed by atoms with Gasteiger partial charge in [-0.3, -0.25) is 0 Å². The average molecular weight is 266 g/mol. The minimum Gasteiger partial charge on any atom is -0.315 e. The van der Waals surface area contributed by atoms with Crippen molar-refractivity contribution >= 4 is 10.0 Å². The van der Waals surface area contributed by atoms with E-state index in [1.807, 2.05) is 19.1 Å². The summed E-state index contributed by atoms with van der Waals surface area (Å²) in [5, 5.41) is 3.28. The molecule has 0 aromatic heterocycles. The van der Waals surface area contributed by atoms with E-state index in [0.717, 1.165) is 25.1 Å². The van der Waals surface area contributed by atoms with Gasteiger partial charge in [0.1, 0.15) is 0 Å². The number of benzene rings is 1. The van der Waals surface area contributed by atoms with E-state index in [4.69, 9.17) is 0 Å². The highest BCUT2D eigenvalue weighted by Crippen LogP contribution is 2.32. The molecule has 4 nitrogen and oxygen atoms in total. The molecule has 2 heterocycles. The normalized spacial score (nSPS) is 28.5. The fourth-order valence-corrected chi connectivity index (χ4v) is 4.65. The minimum atomic E-state index is -3.32. The predicted molar refractivity (Wildman–Crippen MR) is 69.8 cm³/mol. The van der Waals surface area contributed by atoms with E-state index in [9.17, 15) is 8.42 Å². The maximum Gasteiger partial charge on any atom is 0.243 e. The van der Waals surface area contributed by atoms with Crippen LogP contribution < -0.4 is 5.32 Å². The van der Waals surface area contributed by atoms with Crippen molar-refractivity contribution in [1.29, 1.82) is 0 Å². The number of rotatable bonds is 2. The molecule has 18 heavy (non-hydrogen) atoms. The molecule has 0 amide bonds. The highest BCUT2D eigenvalue weighted by atomic mass is 32.2. The van der Waals surface area contributed by atoms with Crippen LogP contribution in [0.2, 0.25) is 0 Å². The van der Waals surface area contributed by atoms with Crippen LogP contribution in [0.5, 0.6) is 0 Å². The van der Waals surface area contributed by atoms with Crippen molar-refractivity contribution in [2.24, 2.45) is 5.92 Å². The van der Waals surface area contributed by atoms with Crippen LogP contribution >= 0.6 is 0 Å². The van der Waals surface area contributed by atoms with E-state index in [0.29, 0.717) is 17.4 Å². The van der Waals surface area contributed by atoms with Crippen molar-refractivity contribution in [3.05, 3.63) is 29.8 Å². The van der Waals surface area contributed by atoms with E-state index >= 15 is 0 Å². The summed E-state index contributed by atoms with van der Waals surface area (Å²) in [4.78, 5) is 0.417. The molecule has 5 heteroatoms. The molecule has 1 aromatic carbocycles. The monoisotopic (exact) mass is 266 g/mol. The summed E-state index contributed by atoms with van der Waals surface area (Å²) in [6.45, 7) is 4.36. The first-order valence-corrected chi connectivity index (χ1v) is 7.82. The Morgan fingerprint density at radius 1 is 1.22 bits per heavy atom. The minimum absolute atomic E-state index is 0.149. The van der Waals surface area contributed by atoms with Gasteiger partial charge in [-0.25, -0.2) is 8.42 Å². The molecule has 1 aromatic rings. The van der Waals surface area contributed by atoms with Crippen LogP contribution in [-0.4, -0.2) is 38.4 Å². The van der Waals surface area contributed by atoms with Crippen LogP contribution in [0.1, 0.15) is 12.0 Å². The molecule has 0 bridgehead atoms. The van der Waals surface area contributed by atoms with Crippen molar-refractivity contribution < 1.29 is 8.42 Å². The van der Waals surface area contributed by atoms with Crippen molar-refractivity contribution in [2.75, 3.05) is 19.6 Å². The summed E-state index contributed by atoms with van der Waals surface area (Å²) in [7, 11) is -3.32. The highest BCUT2D eigenvalue weighted by Gasteiger charge is 2.43. The molecular weight excluding hydrogens is 248 g/mol. The number of fused-ring (bicyclic) bond motifs is 1. The third kappa shape index (κ3) is 1.86. The van der Waals surface area contributed by atoms with Gasteiger partial charge in [0.2, 0.25) is 10.0 Å². The third-order valence-electron chi connectivity index (χ3n) is 4.02. The average Bonchev–Trinajstić information content (AvgIpc) is 2.90. The van der Waals surface area contributed by atoms with Gasteiger partial charge in [0.25, 0.3) is 0 Å². The highest BCUT2D eigenvalue weighted by molar-refractivity contribution is 7.89. The summed E-state index contributed by atoms with van der Waals surface area (Å²) in [5.74, 6) is 0.491. The molecule has 2 aliphatic heterocycles. The van der Waals surface area contributed by atoms with Gasteiger partial charge < -0.3 is 5.32 Å². The summed E-state index contributed by atoms with van der Waals surface area (Å²) < 4.78 is 26.9. The molecular formula is C13H18N2O2S. The predicted octanol–water partition coefficient (Wildman–Crippen LogP) is 0.977. The topological polar surface area (TPSA) is 49.4 Å². The van der Waals surface area contributed by atoms with Gasteiger partial charge >= 0.3 is 0 Å². The Labute approximate surface area is 108 Å². The zero-order chi connectivity index (χ0) is 12.8. The zero-order valence-electron chi connectivity index (χ0n) is 10.5. The van der Waals surface area contributed by atoms with Gasteiger partial charge in [0.05, 0.1) is 4.90 Å². The molecule has 2 aliphatic rings. The number of nitrogens with zero attached hydrogens (tertiary/aromatic N) is 1. The summed E-state index contributed by atoms with van der Waals surface area (Å²) in [6, 6.07) is 7.28. The van der Waals surface area contributed by atoms with Crippen LogP contribution in [0.4, 0.5) is 0 Å². The molecule has 2 atom stereocenters. The van der Waals surface area contributed by atoms with Crippen molar-refractivity contribution in [2.45, 2.75) is 24.3 Å². The molecule has 2 fully saturated rings. The molecule has 98 valence electrons. The number of hydrogen-bond donors (Lipinski definition) is 1. The van der Waals surface area contributed by atoms with Gasteiger partial charge in [-0.05, 0) is 37.9 Å². The van der Waals surface area contributed by atoms with Gasteiger partial charge in [-0.15, -0.1) is 0 Å². The summed E-state index contributed by atoms with van der Waals surface area (Å²) in [5.41, 5.74) is 1.08. The largest absolute Gasteiger partial charge is 0.315 e. The van der Waals surface area contributed by atoms with Gasteiger partial charge in [0, 0.05) is 19.1 Å². The van der Waals surface area contributed by atoms with Crippen molar-refractivity contribution in [1.82, 2.24) is 9.62 Å². The molecule has 2 saturated heterocycles. The first-order chi connectivity index (χ1) is 8.59. The Balaban J connectivity index is 1.93. The van der Waals surface area contributed by atoms with Crippen LogP contribution in [0.3, 0.4) is 0 Å². The lowest BCUT2D eigenvalue weighted by atomic mass is 10.1. The van der Waals surface area contributed by atoms with E-state index in [1.165, 1.54) is 0 Å². The number of aryl methyl sites for hydroxylation is 1. The fraction of sp³-hybridized carbons (Fsp3) is 0.538. The Morgan fingerprint density at radius 2 is 1.94 bits per heavy atom. The van der Waals surface area contributed by atoms with E-state index in [1.54, 1.807) is 16.4 Å². The van der Waals surface area contributed by atoms with Gasteiger partial charge in [-0.1, -0.05) is 17.7 Å². The standard InChI is InChI=1S/C13H18N2O2S/c1-10-2-4-12(5-3-10)18(16,17)15-7-6-11-8-14-9-13(11)15/h2-5,11,13-14H,6-9H2,1H3/t11-,13+/m1/s1. The lowest BCUT2D eigenvalue weighted by molar-refractivity contribution is 0.383. The number of sulfonamides is 1. The quantitative estimate of drug-likeness (QED) is 0.868. The Kier molecular flexibility index (Phi) is 2.92. The first kappa shape index (κ1) is 12.1. The van der Waals surface area contributed by atoms with Crippen molar-refractivity contribution in [3.8, 4) is 0 Å². The maximum absolute atomic E-state index is 12.6. The lowest BCUT2D eigenvalue weighted by Gasteiger charge is -2.22. The molecule has 0 radical (unpaired) electrons. The number of nitrogens with one attached hydrogen (secondary N) is 1. The van der Waals surface area contributed by atoms with E-state index in [-0.39, 0.29) is 6.04 Å². The number of hydrogen-bond acceptors (Lipinski definition) is 3. The second-order valence-electron chi connectivity index (χ2n) is 5.20. The Hall–Kier alpha value is -0.910. The second-order valence-corrected chi connectivity index (χ2v) is 7.09. The molecule has 0 unspecified atom stereocenters. The molecule has 1 N–H and O–H groups in total. The van der Waals surface area contributed by atoms with Crippen LogP contribution in [0.15, 0.2) is 29.2 Å². The van der Waals surface area contributed by atoms with Crippen molar-refractivity contribution in [3.63, 3.8) is 0 Å². The van der Waals surface area contributed by atoms with Crippen LogP contribution in [0, 0.1) is 12.8 Å². The second kappa shape index (κ2) is 4.33. The Bertz CT molecular complexity index is 539. The van der Waals surface area contributed by atoms with Gasteiger partial charge in [0.15, 0.2) is 0 Å². The van der Waals surface area contributed by atoms with E-state index < -0.39 is 10.0 Å². The molecule has 0 saturated carbocycles. The lowest BCUT2D eigenvalue weighted by Crippen LogP contribution is -2.38. The summed E-state index contributed by atoms with van der Waals surface area (Å²) in [6.07, 6.45) is 0.975. The first-order valence-electron chi connectivity index (χ1n) is 6.38. The third-order valence-corrected chi connectivity index (χ3v) is 5.96. The molecule has 3 rings (SSSR count). The summed E-state index contributed by atoms with van der Waals surface area (Å²) >= 11 is 0. The smallest absolute Gasteiger partial charge is 0.243 e. The maximum atomic E-state index is 12.6. The van der Waals surface area contributed by atoms with Crippen LogP contribution in [-0.2, 0) is 10.0 Å². The SMILES string of the molecule is Cc1ccc(S(=O)(=O)N2CC[C@@H]3CNC[C@@H]32)cc1. The van der Waals surface area contributed by atoms with E-state index in [2.05, 4.69) is 5.32 Å². The van der Waals surface area contributed by atoms with Gasteiger partial charge in [-0.2, -0.15) is 4.31 Å². The van der Waals surface area contributed by atoms with Crippen LogP contribution in [0.25, 0.3) is 0 Å². The molecule has 0 aliphatic carbocycles. The molecule has 0 spiro atoms. The fourth-order valence-electron chi connectivity index (χ4n) is 2.95. The zero-order valence-corrected chi connectivity index (χ0v) is 11.3.